The molecule has 0 aliphatic heterocycles. The van der Waals surface area contributed by atoms with Gasteiger partial charge >= 0.3 is 0 Å². The standard InChI is InChI=1S/C36H39BrClN3O6S/c1-36(2,3)39-35(43)31(21-25-10-7-6-8-11-25)40(23-26-12-9-13-27(37)20-26)34(42)24-41(29-16-14-28(38)15-17-29)48(44,45)30-18-19-32(46-4)33(22-30)47-5/h6-20,22,31H,21,23-24H2,1-5H3,(H,39,43)/t31-/m1/s1. The Balaban J connectivity index is 1.84. The van der Waals surface area contributed by atoms with E-state index in [0.717, 1.165) is 19.9 Å². The van der Waals surface area contributed by atoms with Crippen LogP contribution in [0.2, 0.25) is 5.02 Å². The number of anilines is 1. The van der Waals surface area contributed by atoms with Gasteiger partial charge in [-0.2, -0.15) is 0 Å². The first-order chi connectivity index (χ1) is 22.7. The van der Waals surface area contributed by atoms with Crippen molar-refractivity contribution in [1.82, 2.24) is 10.2 Å². The number of carbonyl (C=O) groups is 2. The largest absolute Gasteiger partial charge is 0.493 e. The second kappa shape index (κ2) is 15.9. The molecule has 0 bridgehead atoms. The summed E-state index contributed by atoms with van der Waals surface area (Å²) in [5, 5.41) is 3.42. The second-order valence-corrected chi connectivity index (χ2v) is 15.3. The number of ether oxygens (including phenoxy) is 2. The van der Waals surface area contributed by atoms with Crippen LogP contribution in [0.15, 0.2) is 106 Å². The molecule has 0 aliphatic carbocycles. The van der Waals surface area contributed by atoms with Gasteiger partial charge < -0.3 is 19.7 Å². The first-order valence-corrected chi connectivity index (χ1v) is 17.7. The first-order valence-electron chi connectivity index (χ1n) is 15.1. The Morgan fingerprint density at radius 1 is 0.854 bits per heavy atom. The molecule has 0 heterocycles. The van der Waals surface area contributed by atoms with Crippen molar-refractivity contribution in [1.29, 1.82) is 0 Å². The number of amides is 2. The van der Waals surface area contributed by atoms with Gasteiger partial charge in [0.15, 0.2) is 11.5 Å². The Hall–Kier alpha value is -4.06. The number of nitrogens with one attached hydrogen (secondary N) is 1. The monoisotopic (exact) mass is 755 g/mol. The maximum absolute atomic E-state index is 14.6. The van der Waals surface area contributed by atoms with E-state index in [-0.39, 0.29) is 35.2 Å². The summed E-state index contributed by atoms with van der Waals surface area (Å²) in [6.45, 7) is 5.02. The molecule has 0 saturated carbocycles. The highest BCUT2D eigenvalue weighted by Gasteiger charge is 2.36. The number of rotatable bonds is 13. The lowest BCUT2D eigenvalue weighted by Crippen LogP contribution is -2.56. The minimum absolute atomic E-state index is 0.0399. The van der Waals surface area contributed by atoms with Crippen LogP contribution in [0.5, 0.6) is 11.5 Å². The molecule has 0 spiro atoms. The third kappa shape index (κ3) is 9.52. The van der Waals surface area contributed by atoms with Crippen LogP contribution in [-0.2, 0) is 32.6 Å². The molecule has 4 rings (SSSR count). The molecule has 0 fully saturated rings. The van der Waals surface area contributed by atoms with Gasteiger partial charge in [-0.15, -0.1) is 0 Å². The zero-order valence-corrected chi connectivity index (χ0v) is 30.6. The predicted octanol–water partition coefficient (Wildman–Crippen LogP) is 6.87. The molecule has 4 aromatic rings. The molecule has 1 atom stereocenters. The van der Waals surface area contributed by atoms with Gasteiger partial charge in [0, 0.05) is 34.1 Å². The molecule has 254 valence electrons. The van der Waals surface area contributed by atoms with Gasteiger partial charge in [-0.1, -0.05) is 70.0 Å². The van der Waals surface area contributed by atoms with Crippen LogP contribution in [0.3, 0.4) is 0 Å². The van der Waals surface area contributed by atoms with E-state index in [1.165, 1.54) is 49.5 Å². The second-order valence-electron chi connectivity index (χ2n) is 12.1. The highest BCUT2D eigenvalue weighted by molar-refractivity contribution is 9.10. The minimum atomic E-state index is -4.37. The fourth-order valence-electron chi connectivity index (χ4n) is 5.08. The maximum atomic E-state index is 14.6. The number of halogens is 2. The van der Waals surface area contributed by atoms with E-state index in [1.807, 2.05) is 75.4 Å². The Morgan fingerprint density at radius 2 is 1.50 bits per heavy atom. The van der Waals surface area contributed by atoms with Crippen LogP contribution in [0, 0.1) is 0 Å². The fourth-order valence-corrected chi connectivity index (χ4v) is 7.08. The summed E-state index contributed by atoms with van der Waals surface area (Å²) >= 11 is 9.66. The summed E-state index contributed by atoms with van der Waals surface area (Å²) in [6.07, 6.45) is 0.200. The average Bonchev–Trinajstić information content (AvgIpc) is 3.04. The van der Waals surface area contributed by atoms with Crippen molar-refractivity contribution in [3.05, 3.63) is 118 Å². The van der Waals surface area contributed by atoms with Crippen LogP contribution >= 0.6 is 27.5 Å². The van der Waals surface area contributed by atoms with Crippen molar-refractivity contribution in [3.8, 4) is 11.5 Å². The molecular formula is C36H39BrClN3O6S. The van der Waals surface area contributed by atoms with E-state index in [1.54, 1.807) is 12.1 Å². The zero-order chi connectivity index (χ0) is 35.1. The van der Waals surface area contributed by atoms with Crippen molar-refractivity contribution in [2.45, 2.75) is 50.2 Å². The lowest BCUT2D eigenvalue weighted by molar-refractivity contribution is -0.140. The molecular weight excluding hydrogens is 718 g/mol. The molecule has 0 aromatic heterocycles. The van der Waals surface area contributed by atoms with Crippen molar-refractivity contribution in [2.75, 3.05) is 25.1 Å². The molecule has 0 saturated heterocycles. The van der Waals surface area contributed by atoms with Gasteiger partial charge in [-0.25, -0.2) is 8.42 Å². The third-order valence-electron chi connectivity index (χ3n) is 7.35. The number of hydrogen-bond donors (Lipinski definition) is 1. The molecule has 12 heteroatoms. The molecule has 0 unspecified atom stereocenters. The van der Waals surface area contributed by atoms with Crippen LogP contribution in [0.25, 0.3) is 0 Å². The van der Waals surface area contributed by atoms with Crippen molar-refractivity contribution >= 4 is 55.1 Å². The SMILES string of the molecule is COc1ccc(S(=O)(=O)N(CC(=O)N(Cc2cccc(Br)c2)[C@H](Cc2ccccc2)C(=O)NC(C)(C)C)c2ccc(Cl)cc2)cc1OC. The fraction of sp³-hybridized carbons (Fsp3) is 0.278. The van der Waals surface area contributed by atoms with Gasteiger partial charge in [0.05, 0.1) is 24.8 Å². The Kier molecular flexibility index (Phi) is 12.2. The number of carbonyl (C=O) groups excluding carboxylic acids is 2. The Bertz CT molecular complexity index is 1830. The molecule has 48 heavy (non-hydrogen) atoms. The third-order valence-corrected chi connectivity index (χ3v) is 9.86. The highest BCUT2D eigenvalue weighted by Crippen LogP contribution is 2.33. The summed E-state index contributed by atoms with van der Waals surface area (Å²) < 4.78 is 41.2. The molecule has 4 aromatic carbocycles. The van der Waals surface area contributed by atoms with Gasteiger partial charge in [0.2, 0.25) is 11.8 Å². The molecule has 0 aliphatic rings. The number of hydrogen-bond acceptors (Lipinski definition) is 6. The lowest BCUT2D eigenvalue weighted by Gasteiger charge is -2.35. The van der Waals surface area contributed by atoms with Gasteiger partial charge in [-0.05, 0) is 80.4 Å². The number of methoxy groups -OCH3 is 2. The number of sulfonamides is 1. The van der Waals surface area contributed by atoms with Gasteiger partial charge in [0.1, 0.15) is 12.6 Å². The molecule has 1 N–H and O–H groups in total. The normalized spacial score (nSPS) is 12.1. The first kappa shape index (κ1) is 36.8. The predicted molar refractivity (Wildman–Crippen MR) is 192 cm³/mol. The summed E-state index contributed by atoms with van der Waals surface area (Å²) in [5.74, 6) is -0.396. The van der Waals surface area contributed by atoms with E-state index in [2.05, 4.69) is 21.2 Å². The van der Waals surface area contributed by atoms with Gasteiger partial charge in [0.25, 0.3) is 10.0 Å². The van der Waals surface area contributed by atoms with Gasteiger partial charge in [-0.3, -0.25) is 13.9 Å². The van der Waals surface area contributed by atoms with E-state index in [9.17, 15) is 18.0 Å². The topological polar surface area (TPSA) is 105 Å². The number of benzene rings is 4. The Morgan fingerprint density at radius 3 is 2.10 bits per heavy atom. The summed E-state index contributed by atoms with van der Waals surface area (Å²) in [5.41, 5.74) is 1.21. The quantitative estimate of drug-likeness (QED) is 0.160. The summed E-state index contributed by atoms with van der Waals surface area (Å²) in [4.78, 5) is 30.0. The Labute approximate surface area is 296 Å². The number of nitrogens with zero attached hydrogens (tertiary/aromatic N) is 2. The van der Waals surface area contributed by atoms with Crippen LogP contribution in [-0.4, -0.2) is 57.5 Å². The van der Waals surface area contributed by atoms with Crippen molar-refractivity contribution in [3.63, 3.8) is 0 Å². The molecule has 2 amide bonds. The van der Waals surface area contributed by atoms with E-state index < -0.39 is 34.1 Å². The zero-order valence-electron chi connectivity index (χ0n) is 27.4. The van der Waals surface area contributed by atoms with Crippen LogP contribution in [0.4, 0.5) is 5.69 Å². The smallest absolute Gasteiger partial charge is 0.264 e. The lowest BCUT2D eigenvalue weighted by atomic mass is 10.0. The van der Waals surface area contributed by atoms with E-state index >= 15 is 0 Å². The van der Waals surface area contributed by atoms with Crippen LogP contribution in [0.1, 0.15) is 31.9 Å². The van der Waals surface area contributed by atoms with Crippen molar-refractivity contribution in [2.24, 2.45) is 0 Å². The average molecular weight is 757 g/mol. The highest BCUT2D eigenvalue weighted by atomic mass is 79.9. The summed E-state index contributed by atoms with van der Waals surface area (Å²) in [6, 6.07) is 26.2. The minimum Gasteiger partial charge on any atom is -0.493 e. The van der Waals surface area contributed by atoms with E-state index in [0.29, 0.717) is 10.8 Å². The van der Waals surface area contributed by atoms with Crippen LogP contribution < -0.4 is 19.1 Å². The summed E-state index contributed by atoms with van der Waals surface area (Å²) in [7, 11) is -1.51. The maximum Gasteiger partial charge on any atom is 0.264 e. The van der Waals surface area contributed by atoms with Crippen molar-refractivity contribution < 1.29 is 27.5 Å². The van der Waals surface area contributed by atoms with E-state index in [4.69, 9.17) is 21.1 Å². The molecule has 9 nitrogen and oxygen atoms in total. The molecule has 0 radical (unpaired) electrons.